The molecule has 0 heterocycles. The van der Waals surface area contributed by atoms with Crippen LogP contribution in [0, 0.1) is 12.7 Å². The van der Waals surface area contributed by atoms with Gasteiger partial charge in [-0.15, -0.1) is 0 Å². The van der Waals surface area contributed by atoms with E-state index in [1.54, 1.807) is 24.3 Å². The molecule has 0 spiro atoms. The Balaban J connectivity index is 1.80. The summed E-state index contributed by atoms with van der Waals surface area (Å²) < 4.78 is 41.7. The molecule has 7 nitrogen and oxygen atoms in total. The van der Waals surface area contributed by atoms with Gasteiger partial charge in [0.25, 0.3) is 15.9 Å². The summed E-state index contributed by atoms with van der Waals surface area (Å²) in [4.78, 5) is 14.4. The number of halogens is 2. The van der Waals surface area contributed by atoms with Gasteiger partial charge in [-0.25, -0.2) is 18.2 Å². The monoisotopic (exact) mass is 546 g/mol. The molecule has 0 fully saturated rings. The van der Waals surface area contributed by atoms with E-state index in [0.717, 1.165) is 49.9 Å². The van der Waals surface area contributed by atoms with Gasteiger partial charge < -0.3 is 4.90 Å². The lowest BCUT2D eigenvalue weighted by atomic mass is 10.2. The van der Waals surface area contributed by atoms with E-state index >= 15 is 0 Å². The quantitative estimate of drug-likeness (QED) is 0.337. The van der Waals surface area contributed by atoms with Crippen LogP contribution in [0.4, 0.5) is 15.8 Å². The van der Waals surface area contributed by atoms with Gasteiger partial charge in [0, 0.05) is 18.6 Å². The van der Waals surface area contributed by atoms with Crippen LogP contribution in [0.5, 0.6) is 0 Å². The standard InChI is InChI=1S/C24H24BrFN4O3S/c1-17-4-9-20(10-5-17)30(34(32,33)21-11-7-19(26)8-12-21)16-24(31)28-27-15-18-6-13-23(29(2)3)22(25)14-18/h4-15H,16H2,1-3H3,(H,28,31). The van der Waals surface area contributed by atoms with Crippen LogP contribution in [0.3, 0.4) is 0 Å². The van der Waals surface area contributed by atoms with Crippen molar-refractivity contribution in [3.05, 3.63) is 88.1 Å². The molecule has 10 heteroatoms. The molecule has 178 valence electrons. The highest BCUT2D eigenvalue weighted by Gasteiger charge is 2.27. The number of carbonyl (C=O) groups excluding carboxylic acids is 1. The third-order valence-electron chi connectivity index (χ3n) is 4.87. The molecule has 0 aliphatic heterocycles. The Bertz CT molecular complexity index is 1290. The summed E-state index contributed by atoms with van der Waals surface area (Å²) in [6.45, 7) is 1.36. The first-order valence-electron chi connectivity index (χ1n) is 10.2. The number of rotatable bonds is 8. The molecule has 3 aromatic rings. The van der Waals surface area contributed by atoms with Crippen molar-refractivity contribution in [2.75, 3.05) is 29.8 Å². The minimum absolute atomic E-state index is 0.128. The van der Waals surface area contributed by atoms with E-state index in [1.165, 1.54) is 6.21 Å². The Labute approximate surface area is 207 Å². The fourth-order valence-corrected chi connectivity index (χ4v) is 5.24. The summed E-state index contributed by atoms with van der Waals surface area (Å²) in [5.74, 6) is -1.19. The van der Waals surface area contributed by atoms with Gasteiger partial charge in [0.1, 0.15) is 12.4 Å². The van der Waals surface area contributed by atoms with Crippen molar-refractivity contribution in [1.29, 1.82) is 0 Å². The van der Waals surface area contributed by atoms with Gasteiger partial charge >= 0.3 is 0 Å². The van der Waals surface area contributed by atoms with Gasteiger partial charge in [-0.05, 0) is 76.9 Å². The summed E-state index contributed by atoms with van der Waals surface area (Å²) in [6, 6.07) is 16.7. The van der Waals surface area contributed by atoms with E-state index in [0.29, 0.717) is 5.69 Å². The van der Waals surface area contributed by atoms with Crippen molar-refractivity contribution >= 4 is 49.4 Å². The first kappa shape index (κ1) is 25.4. The lowest BCUT2D eigenvalue weighted by Gasteiger charge is -2.23. The van der Waals surface area contributed by atoms with Crippen molar-refractivity contribution in [2.24, 2.45) is 5.10 Å². The maximum Gasteiger partial charge on any atom is 0.264 e. The molecule has 0 aliphatic rings. The molecule has 3 aromatic carbocycles. The number of hydrazone groups is 1. The molecule has 0 aliphatic carbocycles. The fraction of sp³-hybridized carbons (Fsp3) is 0.167. The van der Waals surface area contributed by atoms with E-state index in [1.807, 2.05) is 44.1 Å². The van der Waals surface area contributed by atoms with E-state index in [4.69, 9.17) is 0 Å². The third kappa shape index (κ3) is 6.21. The molecular formula is C24H24BrFN4O3S. The lowest BCUT2D eigenvalue weighted by molar-refractivity contribution is -0.119. The van der Waals surface area contributed by atoms with E-state index in [9.17, 15) is 17.6 Å². The highest BCUT2D eigenvalue weighted by atomic mass is 79.9. The second-order valence-corrected chi connectivity index (χ2v) is 10.4. The Kier molecular flexibility index (Phi) is 8.06. The SMILES string of the molecule is Cc1ccc(N(CC(=O)NN=Cc2ccc(N(C)C)c(Br)c2)S(=O)(=O)c2ccc(F)cc2)cc1. The van der Waals surface area contributed by atoms with Crippen molar-refractivity contribution in [2.45, 2.75) is 11.8 Å². The maximum absolute atomic E-state index is 13.3. The second kappa shape index (κ2) is 10.8. The maximum atomic E-state index is 13.3. The highest BCUT2D eigenvalue weighted by molar-refractivity contribution is 9.10. The number of sulfonamides is 1. The van der Waals surface area contributed by atoms with Gasteiger partial charge in [0.05, 0.1) is 22.5 Å². The topological polar surface area (TPSA) is 82.1 Å². The molecule has 0 saturated carbocycles. The minimum atomic E-state index is -4.13. The van der Waals surface area contributed by atoms with Crippen LogP contribution in [0.2, 0.25) is 0 Å². The molecule has 34 heavy (non-hydrogen) atoms. The summed E-state index contributed by atoms with van der Waals surface area (Å²) in [5.41, 5.74) is 5.34. The highest BCUT2D eigenvalue weighted by Crippen LogP contribution is 2.26. The van der Waals surface area contributed by atoms with Crippen LogP contribution < -0.4 is 14.6 Å². The predicted molar refractivity (Wildman–Crippen MR) is 136 cm³/mol. The van der Waals surface area contributed by atoms with Crippen LogP contribution in [0.1, 0.15) is 11.1 Å². The average molecular weight is 547 g/mol. The number of hydrogen-bond acceptors (Lipinski definition) is 5. The van der Waals surface area contributed by atoms with Crippen LogP contribution >= 0.6 is 15.9 Å². The molecule has 1 N–H and O–H groups in total. The third-order valence-corrected chi connectivity index (χ3v) is 7.29. The molecule has 0 radical (unpaired) electrons. The fourth-order valence-electron chi connectivity index (χ4n) is 3.07. The van der Waals surface area contributed by atoms with Crippen LogP contribution in [-0.2, 0) is 14.8 Å². The Morgan fingerprint density at radius 2 is 1.71 bits per heavy atom. The molecule has 0 saturated heterocycles. The zero-order valence-corrected chi connectivity index (χ0v) is 21.3. The number of aryl methyl sites for hydroxylation is 1. The summed E-state index contributed by atoms with van der Waals surface area (Å²) in [7, 11) is -0.282. The van der Waals surface area contributed by atoms with E-state index in [2.05, 4.69) is 26.5 Å². The van der Waals surface area contributed by atoms with Crippen molar-refractivity contribution in [1.82, 2.24) is 5.43 Å². The number of nitrogens with one attached hydrogen (secondary N) is 1. The Morgan fingerprint density at radius 1 is 1.06 bits per heavy atom. The number of anilines is 2. The number of amides is 1. The van der Waals surface area contributed by atoms with Crippen molar-refractivity contribution in [3.8, 4) is 0 Å². The largest absolute Gasteiger partial charge is 0.377 e. The van der Waals surface area contributed by atoms with Gasteiger partial charge in [-0.2, -0.15) is 5.10 Å². The first-order valence-corrected chi connectivity index (χ1v) is 12.4. The molecule has 3 rings (SSSR count). The average Bonchev–Trinajstić information content (AvgIpc) is 2.78. The number of carbonyl (C=O) groups is 1. The molecule has 1 amide bonds. The first-order chi connectivity index (χ1) is 16.1. The van der Waals surface area contributed by atoms with Gasteiger partial charge in [0.2, 0.25) is 0 Å². The summed E-state index contributed by atoms with van der Waals surface area (Å²) >= 11 is 3.49. The summed E-state index contributed by atoms with van der Waals surface area (Å²) in [6.07, 6.45) is 1.47. The Morgan fingerprint density at radius 3 is 2.29 bits per heavy atom. The summed E-state index contributed by atoms with van der Waals surface area (Å²) in [5, 5.41) is 3.95. The zero-order chi connectivity index (χ0) is 24.9. The molecule has 0 aromatic heterocycles. The van der Waals surface area contributed by atoms with E-state index < -0.39 is 28.3 Å². The van der Waals surface area contributed by atoms with Crippen molar-refractivity contribution in [3.63, 3.8) is 0 Å². The molecule has 0 bridgehead atoms. The van der Waals surface area contributed by atoms with Crippen LogP contribution in [0.15, 0.2) is 81.2 Å². The zero-order valence-electron chi connectivity index (χ0n) is 18.9. The van der Waals surface area contributed by atoms with Crippen molar-refractivity contribution < 1.29 is 17.6 Å². The van der Waals surface area contributed by atoms with Gasteiger partial charge in [-0.3, -0.25) is 9.10 Å². The molecule has 0 atom stereocenters. The lowest BCUT2D eigenvalue weighted by Crippen LogP contribution is -2.39. The molecule has 0 unspecified atom stereocenters. The number of nitrogens with zero attached hydrogens (tertiary/aromatic N) is 3. The smallest absolute Gasteiger partial charge is 0.264 e. The van der Waals surface area contributed by atoms with Crippen LogP contribution in [0.25, 0.3) is 0 Å². The van der Waals surface area contributed by atoms with Crippen LogP contribution in [-0.4, -0.2) is 41.2 Å². The van der Waals surface area contributed by atoms with E-state index in [-0.39, 0.29) is 4.90 Å². The predicted octanol–water partition coefficient (Wildman–Crippen LogP) is 4.31. The minimum Gasteiger partial charge on any atom is -0.377 e. The number of benzene rings is 3. The second-order valence-electron chi connectivity index (χ2n) is 7.70. The van der Waals surface area contributed by atoms with Gasteiger partial charge in [-0.1, -0.05) is 23.8 Å². The Hall–Kier alpha value is -3.24. The van der Waals surface area contributed by atoms with Gasteiger partial charge in [0.15, 0.2) is 0 Å². The number of hydrogen-bond donors (Lipinski definition) is 1. The molecular weight excluding hydrogens is 523 g/mol. The normalized spacial score (nSPS) is 11.4.